The number of carbonyl (C=O) groups is 1. The van der Waals surface area contributed by atoms with Crippen LogP contribution in [0.1, 0.15) is 45.7 Å². The molecular formula is C18H21N5OS. The van der Waals surface area contributed by atoms with Crippen molar-refractivity contribution in [3.8, 4) is 0 Å². The van der Waals surface area contributed by atoms with Crippen LogP contribution in [0.4, 0.5) is 5.69 Å². The van der Waals surface area contributed by atoms with Crippen LogP contribution in [-0.2, 0) is 13.0 Å². The number of anilines is 1. The predicted molar refractivity (Wildman–Crippen MR) is 99.0 cm³/mol. The summed E-state index contributed by atoms with van der Waals surface area (Å²) in [6, 6.07) is 7.77. The van der Waals surface area contributed by atoms with Gasteiger partial charge in [0.25, 0.3) is 5.91 Å². The van der Waals surface area contributed by atoms with E-state index in [9.17, 15) is 4.79 Å². The zero-order valence-corrected chi connectivity index (χ0v) is 15.2. The number of unbranched alkanes of at least 4 members (excludes halogenated alkanes) is 1. The zero-order valence-electron chi connectivity index (χ0n) is 14.4. The quantitative estimate of drug-likeness (QED) is 0.701. The van der Waals surface area contributed by atoms with Crippen LogP contribution < -0.4 is 5.32 Å². The Bertz CT molecular complexity index is 824. The Morgan fingerprint density at radius 1 is 1.28 bits per heavy atom. The Hall–Kier alpha value is -2.54. The van der Waals surface area contributed by atoms with E-state index in [4.69, 9.17) is 0 Å². The van der Waals surface area contributed by atoms with Gasteiger partial charge in [0.15, 0.2) is 0 Å². The fourth-order valence-electron chi connectivity index (χ4n) is 2.54. The molecule has 130 valence electrons. The summed E-state index contributed by atoms with van der Waals surface area (Å²) in [5.74, 6) is -0.0827. The molecule has 1 amide bonds. The second kappa shape index (κ2) is 8.02. The maximum absolute atomic E-state index is 12.6. The Kier molecular flexibility index (Phi) is 5.55. The van der Waals surface area contributed by atoms with Crippen LogP contribution in [0.3, 0.4) is 0 Å². The number of carbonyl (C=O) groups excluding carboxylic acids is 1. The van der Waals surface area contributed by atoms with Gasteiger partial charge in [-0.2, -0.15) is 5.10 Å². The number of hydrogen-bond donors (Lipinski definition) is 1. The highest BCUT2D eigenvalue weighted by Gasteiger charge is 2.16. The van der Waals surface area contributed by atoms with E-state index in [2.05, 4.69) is 27.3 Å². The SMILES string of the molecule is CCCCc1nc(C)sc1C(=O)Nc1ccc(Cn2cncn2)cc1. The van der Waals surface area contributed by atoms with Gasteiger partial charge in [0, 0.05) is 5.69 Å². The second-order valence-electron chi connectivity index (χ2n) is 5.86. The van der Waals surface area contributed by atoms with E-state index >= 15 is 0 Å². The van der Waals surface area contributed by atoms with Crippen LogP contribution in [0.15, 0.2) is 36.9 Å². The van der Waals surface area contributed by atoms with Crippen molar-refractivity contribution in [3.05, 3.63) is 58.1 Å². The van der Waals surface area contributed by atoms with Gasteiger partial charge in [0.05, 0.1) is 17.2 Å². The molecule has 7 heteroatoms. The van der Waals surface area contributed by atoms with Gasteiger partial charge in [-0.1, -0.05) is 25.5 Å². The van der Waals surface area contributed by atoms with Gasteiger partial charge in [-0.25, -0.2) is 14.6 Å². The van der Waals surface area contributed by atoms with Crippen molar-refractivity contribution in [2.45, 2.75) is 39.7 Å². The first-order valence-corrected chi connectivity index (χ1v) is 9.16. The standard InChI is InChI=1S/C18H21N5OS/c1-3-4-5-16-17(25-13(2)21-16)18(24)22-15-8-6-14(7-9-15)10-23-12-19-11-20-23/h6-9,11-12H,3-5,10H2,1-2H3,(H,22,24). The van der Waals surface area contributed by atoms with Crippen LogP contribution in [0, 0.1) is 6.92 Å². The predicted octanol–water partition coefficient (Wildman–Crippen LogP) is 3.69. The summed E-state index contributed by atoms with van der Waals surface area (Å²) in [4.78, 5) is 21.7. The third kappa shape index (κ3) is 4.51. The van der Waals surface area contributed by atoms with Crippen molar-refractivity contribution in [2.75, 3.05) is 5.32 Å². The number of benzene rings is 1. The highest BCUT2D eigenvalue weighted by molar-refractivity contribution is 7.13. The summed E-state index contributed by atoms with van der Waals surface area (Å²) in [7, 11) is 0. The van der Waals surface area contributed by atoms with Gasteiger partial charge in [-0.15, -0.1) is 11.3 Å². The summed E-state index contributed by atoms with van der Waals surface area (Å²) >= 11 is 1.46. The number of amides is 1. The summed E-state index contributed by atoms with van der Waals surface area (Å²) in [5.41, 5.74) is 2.78. The lowest BCUT2D eigenvalue weighted by molar-refractivity contribution is 0.102. The number of aromatic nitrogens is 4. The second-order valence-corrected chi connectivity index (χ2v) is 7.06. The summed E-state index contributed by atoms with van der Waals surface area (Å²) in [5, 5.41) is 7.99. The van der Waals surface area contributed by atoms with Crippen molar-refractivity contribution >= 4 is 22.9 Å². The molecule has 0 fully saturated rings. The fourth-order valence-corrected chi connectivity index (χ4v) is 3.40. The van der Waals surface area contributed by atoms with E-state index in [1.165, 1.54) is 17.7 Å². The summed E-state index contributed by atoms with van der Waals surface area (Å²) < 4.78 is 1.76. The molecule has 3 rings (SSSR count). The van der Waals surface area contributed by atoms with Crippen LogP contribution in [-0.4, -0.2) is 25.7 Å². The molecule has 0 saturated heterocycles. The van der Waals surface area contributed by atoms with Gasteiger partial charge in [-0.05, 0) is 37.5 Å². The smallest absolute Gasteiger partial charge is 0.267 e. The molecule has 6 nitrogen and oxygen atoms in total. The Morgan fingerprint density at radius 2 is 2.08 bits per heavy atom. The average Bonchev–Trinajstić information content (AvgIpc) is 3.24. The lowest BCUT2D eigenvalue weighted by Gasteiger charge is -2.07. The minimum Gasteiger partial charge on any atom is -0.321 e. The number of hydrogen-bond acceptors (Lipinski definition) is 5. The number of nitrogens with one attached hydrogen (secondary N) is 1. The molecule has 1 N–H and O–H groups in total. The van der Waals surface area contributed by atoms with Gasteiger partial charge in [-0.3, -0.25) is 4.79 Å². The minimum absolute atomic E-state index is 0.0827. The van der Waals surface area contributed by atoms with Gasteiger partial charge in [0.1, 0.15) is 17.5 Å². The van der Waals surface area contributed by atoms with E-state index in [1.807, 2.05) is 31.2 Å². The number of nitrogens with zero attached hydrogens (tertiary/aromatic N) is 4. The van der Waals surface area contributed by atoms with E-state index < -0.39 is 0 Å². The monoisotopic (exact) mass is 355 g/mol. The maximum Gasteiger partial charge on any atom is 0.267 e. The first-order chi connectivity index (χ1) is 12.2. The molecule has 0 aliphatic rings. The Balaban J connectivity index is 1.66. The molecule has 0 saturated carbocycles. The van der Waals surface area contributed by atoms with Crippen molar-refractivity contribution in [1.29, 1.82) is 0 Å². The molecule has 0 aliphatic heterocycles. The molecule has 0 atom stereocenters. The van der Waals surface area contributed by atoms with Crippen LogP contribution >= 0.6 is 11.3 Å². The average molecular weight is 355 g/mol. The van der Waals surface area contributed by atoms with Gasteiger partial charge >= 0.3 is 0 Å². The Morgan fingerprint density at radius 3 is 2.76 bits per heavy atom. The number of rotatable bonds is 7. The maximum atomic E-state index is 12.6. The van der Waals surface area contributed by atoms with Crippen molar-refractivity contribution < 1.29 is 4.79 Å². The molecule has 0 unspecified atom stereocenters. The minimum atomic E-state index is -0.0827. The fraction of sp³-hybridized carbons (Fsp3) is 0.333. The van der Waals surface area contributed by atoms with E-state index in [-0.39, 0.29) is 5.91 Å². The summed E-state index contributed by atoms with van der Waals surface area (Å²) in [6.07, 6.45) is 6.17. The molecule has 25 heavy (non-hydrogen) atoms. The van der Waals surface area contributed by atoms with E-state index in [0.717, 1.165) is 46.1 Å². The number of aryl methyl sites for hydroxylation is 2. The van der Waals surface area contributed by atoms with Crippen molar-refractivity contribution in [1.82, 2.24) is 19.7 Å². The van der Waals surface area contributed by atoms with Gasteiger partial charge < -0.3 is 5.32 Å². The van der Waals surface area contributed by atoms with E-state index in [1.54, 1.807) is 11.0 Å². The topological polar surface area (TPSA) is 72.7 Å². The first kappa shape index (κ1) is 17.3. The van der Waals surface area contributed by atoms with Crippen molar-refractivity contribution in [3.63, 3.8) is 0 Å². The van der Waals surface area contributed by atoms with E-state index in [0.29, 0.717) is 6.54 Å². The molecule has 0 aliphatic carbocycles. The lowest BCUT2D eigenvalue weighted by atomic mass is 10.1. The summed E-state index contributed by atoms with van der Waals surface area (Å²) in [6.45, 7) is 4.74. The Labute approximate surface area is 150 Å². The molecule has 0 bridgehead atoms. The molecule has 2 heterocycles. The first-order valence-electron chi connectivity index (χ1n) is 8.34. The normalized spacial score (nSPS) is 10.8. The number of thiazole rings is 1. The molecule has 1 aromatic carbocycles. The zero-order chi connectivity index (χ0) is 17.6. The third-order valence-electron chi connectivity index (χ3n) is 3.80. The van der Waals surface area contributed by atoms with Crippen molar-refractivity contribution in [2.24, 2.45) is 0 Å². The van der Waals surface area contributed by atoms with Crippen LogP contribution in [0.2, 0.25) is 0 Å². The molecule has 2 aromatic heterocycles. The molecule has 0 spiro atoms. The molecule has 0 radical (unpaired) electrons. The van der Waals surface area contributed by atoms with Gasteiger partial charge in [0.2, 0.25) is 0 Å². The molecule has 3 aromatic rings. The highest BCUT2D eigenvalue weighted by Crippen LogP contribution is 2.22. The highest BCUT2D eigenvalue weighted by atomic mass is 32.1. The lowest BCUT2D eigenvalue weighted by Crippen LogP contribution is -2.12. The third-order valence-corrected chi connectivity index (χ3v) is 4.81. The molecular weight excluding hydrogens is 334 g/mol. The van der Waals surface area contributed by atoms with Crippen LogP contribution in [0.25, 0.3) is 0 Å². The largest absolute Gasteiger partial charge is 0.321 e. The van der Waals surface area contributed by atoms with Crippen LogP contribution in [0.5, 0.6) is 0 Å².